The molecule has 1 fully saturated rings. The van der Waals surface area contributed by atoms with E-state index in [9.17, 15) is 9.18 Å². The number of rotatable bonds is 3. The maximum Gasteiger partial charge on any atom is 0.256 e. The van der Waals surface area contributed by atoms with Gasteiger partial charge < -0.3 is 15.4 Å². The Morgan fingerprint density at radius 2 is 1.88 bits per heavy atom. The Kier molecular flexibility index (Phi) is 5.80. The van der Waals surface area contributed by atoms with E-state index >= 15 is 0 Å². The van der Waals surface area contributed by atoms with Gasteiger partial charge in [0.1, 0.15) is 11.6 Å². The second-order valence-electron chi connectivity index (χ2n) is 5.72. The lowest BCUT2D eigenvalue weighted by atomic mass is 10.0. The smallest absolute Gasteiger partial charge is 0.256 e. The highest BCUT2D eigenvalue weighted by molar-refractivity contribution is 5.95. The minimum Gasteiger partial charge on any atom is -0.497 e. The van der Waals surface area contributed by atoms with Crippen LogP contribution in [0.4, 0.5) is 4.39 Å². The Balaban J connectivity index is 0.00000208. The van der Waals surface area contributed by atoms with Crippen LogP contribution >= 0.6 is 12.4 Å². The summed E-state index contributed by atoms with van der Waals surface area (Å²) in [5.74, 6) is -0.0630. The van der Waals surface area contributed by atoms with E-state index in [1.165, 1.54) is 6.07 Å². The summed E-state index contributed by atoms with van der Waals surface area (Å²) in [5.41, 5.74) is 7.49. The van der Waals surface area contributed by atoms with Crippen molar-refractivity contribution in [3.05, 3.63) is 53.8 Å². The molecular formula is C18H20ClFN2O2. The van der Waals surface area contributed by atoms with Crippen molar-refractivity contribution in [2.75, 3.05) is 20.2 Å². The minimum atomic E-state index is -0.510. The molecule has 1 aliphatic rings. The van der Waals surface area contributed by atoms with Crippen molar-refractivity contribution in [3.8, 4) is 16.9 Å². The monoisotopic (exact) mass is 350 g/mol. The van der Waals surface area contributed by atoms with E-state index in [-0.39, 0.29) is 29.9 Å². The van der Waals surface area contributed by atoms with Crippen LogP contribution in [-0.2, 0) is 0 Å². The SMILES string of the molecule is COc1ccc(-c2ccc(C(=O)N3CCC(N)C3)c(F)c2)cc1.Cl. The highest BCUT2D eigenvalue weighted by Gasteiger charge is 2.26. The number of nitrogens with two attached hydrogens (primary N) is 1. The van der Waals surface area contributed by atoms with Crippen LogP contribution in [0.5, 0.6) is 5.75 Å². The normalized spacial score (nSPS) is 16.6. The number of hydrogen-bond donors (Lipinski definition) is 1. The molecule has 1 heterocycles. The molecule has 1 aliphatic heterocycles. The summed E-state index contributed by atoms with van der Waals surface area (Å²) in [6, 6.07) is 12.0. The number of hydrogen-bond acceptors (Lipinski definition) is 3. The summed E-state index contributed by atoms with van der Waals surface area (Å²) in [6.07, 6.45) is 0.761. The van der Waals surface area contributed by atoms with Gasteiger partial charge in [-0.2, -0.15) is 0 Å². The first-order chi connectivity index (χ1) is 11.1. The molecule has 0 radical (unpaired) electrons. The van der Waals surface area contributed by atoms with E-state index in [0.717, 1.165) is 23.3 Å². The van der Waals surface area contributed by atoms with Crippen molar-refractivity contribution in [2.45, 2.75) is 12.5 Å². The van der Waals surface area contributed by atoms with Crippen LogP contribution in [0.2, 0.25) is 0 Å². The fourth-order valence-electron chi connectivity index (χ4n) is 2.79. The minimum absolute atomic E-state index is 0. The lowest BCUT2D eigenvalue weighted by Crippen LogP contribution is -2.32. The average molecular weight is 351 g/mol. The van der Waals surface area contributed by atoms with Crippen molar-refractivity contribution in [2.24, 2.45) is 5.73 Å². The second-order valence-corrected chi connectivity index (χ2v) is 5.72. The Labute approximate surface area is 146 Å². The molecule has 1 amide bonds. The number of amides is 1. The fraction of sp³-hybridized carbons (Fsp3) is 0.278. The molecule has 1 saturated heterocycles. The molecule has 1 atom stereocenters. The molecule has 0 aromatic heterocycles. The van der Waals surface area contributed by atoms with Gasteiger partial charge in [-0.25, -0.2) is 4.39 Å². The Morgan fingerprint density at radius 1 is 1.21 bits per heavy atom. The molecule has 2 aromatic rings. The fourth-order valence-corrected chi connectivity index (χ4v) is 2.79. The number of halogens is 2. The molecule has 0 bridgehead atoms. The molecule has 0 saturated carbocycles. The number of likely N-dealkylation sites (tertiary alicyclic amines) is 1. The molecule has 4 nitrogen and oxygen atoms in total. The summed E-state index contributed by atoms with van der Waals surface area (Å²) in [4.78, 5) is 14.0. The number of methoxy groups -OCH3 is 1. The first-order valence-corrected chi connectivity index (χ1v) is 7.57. The first kappa shape index (κ1) is 18.2. The van der Waals surface area contributed by atoms with E-state index in [0.29, 0.717) is 13.1 Å². The van der Waals surface area contributed by atoms with E-state index < -0.39 is 5.82 Å². The Morgan fingerprint density at radius 3 is 2.42 bits per heavy atom. The first-order valence-electron chi connectivity index (χ1n) is 7.57. The molecular weight excluding hydrogens is 331 g/mol. The van der Waals surface area contributed by atoms with Crippen LogP contribution in [0.15, 0.2) is 42.5 Å². The van der Waals surface area contributed by atoms with Gasteiger partial charge in [0, 0.05) is 19.1 Å². The van der Waals surface area contributed by atoms with Gasteiger partial charge in [0.15, 0.2) is 0 Å². The zero-order chi connectivity index (χ0) is 16.4. The number of carbonyl (C=O) groups excluding carboxylic acids is 1. The standard InChI is InChI=1S/C18H19FN2O2.ClH/c1-23-15-5-2-12(3-6-15)13-4-7-16(17(19)10-13)18(22)21-9-8-14(20)11-21;/h2-7,10,14H,8-9,11,20H2,1H3;1H. The molecule has 0 aliphatic carbocycles. The zero-order valence-corrected chi connectivity index (χ0v) is 14.2. The lowest BCUT2D eigenvalue weighted by Gasteiger charge is -2.16. The molecule has 3 rings (SSSR count). The van der Waals surface area contributed by atoms with Crippen molar-refractivity contribution in [1.82, 2.24) is 4.90 Å². The molecule has 6 heteroatoms. The van der Waals surface area contributed by atoms with Gasteiger partial charge in [-0.1, -0.05) is 18.2 Å². The quantitative estimate of drug-likeness (QED) is 0.925. The third-order valence-electron chi connectivity index (χ3n) is 4.13. The number of benzene rings is 2. The van der Waals surface area contributed by atoms with E-state index in [4.69, 9.17) is 10.5 Å². The van der Waals surface area contributed by atoms with Crippen molar-refractivity contribution < 1.29 is 13.9 Å². The van der Waals surface area contributed by atoms with Crippen molar-refractivity contribution in [3.63, 3.8) is 0 Å². The number of carbonyl (C=O) groups is 1. The van der Waals surface area contributed by atoms with Gasteiger partial charge in [0.25, 0.3) is 5.91 Å². The summed E-state index contributed by atoms with van der Waals surface area (Å²) in [6.45, 7) is 1.07. The molecule has 0 spiro atoms. The van der Waals surface area contributed by atoms with E-state index in [1.54, 1.807) is 24.1 Å². The lowest BCUT2D eigenvalue weighted by molar-refractivity contribution is 0.0786. The van der Waals surface area contributed by atoms with Gasteiger partial charge in [-0.15, -0.1) is 12.4 Å². The van der Waals surface area contributed by atoms with E-state index in [1.807, 2.05) is 24.3 Å². The van der Waals surface area contributed by atoms with Gasteiger partial charge in [-0.05, 0) is 41.8 Å². The highest BCUT2D eigenvalue weighted by Crippen LogP contribution is 2.25. The average Bonchev–Trinajstić information content (AvgIpc) is 3.01. The van der Waals surface area contributed by atoms with Crippen molar-refractivity contribution >= 4 is 18.3 Å². The largest absolute Gasteiger partial charge is 0.497 e. The van der Waals surface area contributed by atoms with Gasteiger partial charge in [-0.3, -0.25) is 4.79 Å². The number of nitrogens with zero attached hydrogens (tertiary/aromatic N) is 1. The molecule has 1 unspecified atom stereocenters. The van der Waals surface area contributed by atoms with Crippen LogP contribution in [0.25, 0.3) is 11.1 Å². The van der Waals surface area contributed by atoms with Crippen LogP contribution in [0.1, 0.15) is 16.8 Å². The second kappa shape index (κ2) is 7.64. The van der Waals surface area contributed by atoms with Crippen molar-refractivity contribution in [1.29, 1.82) is 0 Å². The molecule has 2 aromatic carbocycles. The third-order valence-corrected chi connectivity index (χ3v) is 4.13. The van der Waals surface area contributed by atoms with Gasteiger partial charge in [0.2, 0.25) is 0 Å². The predicted octanol–water partition coefficient (Wildman–Crippen LogP) is 3.10. The molecule has 128 valence electrons. The van der Waals surface area contributed by atoms with Gasteiger partial charge >= 0.3 is 0 Å². The number of ether oxygens (including phenoxy) is 1. The van der Waals surface area contributed by atoms with E-state index in [2.05, 4.69) is 0 Å². The summed E-state index contributed by atoms with van der Waals surface area (Å²) in [7, 11) is 1.60. The van der Waals surface area contributed by atoms with Crippen LogP contribution in [0.3, 0.4) is 0 Å². The summed E-state index contributed by atoms with van der Waals surface area (Å²) in [5, 5.41) is 0. The topological polar surface area (TPSA) is 55.6 Å². The van der Waals surface area contributed by atoms with Crippen LogP contribution in [0, 0.1) is 5.82 Å². The third kappa shape index (κ3) is 3.68. The van der Waals surface area contributed by atoms with Gasteiger partial charge in [0.05, 0.1) is 12.7 Å². The summed E-state index contributed by atoms with van der Waals surface area (Å²) < 4.78 is 19.5. The van der Waals surface area contributed by atoms with Crippen LogP contribution in [-0.4, -0.2) is 37.0 Å². The zero-order valence-electron chi connectivity index (χ0n) is 13.4. The predicted molar refractivity (Wildman–Crippen MR) is 94.1 cm³/mol. The Bertz CT molecular complexity index is 721. The summed E-state index contributed by atoms with van der Waals surface area (Å²) >= 11 is 0. The van der Waals surface area contributed by atoms with Crippen LogP contribution < -0.4 is 10.5 Å². The Hall–Kier alpha value is -2.11. The molecule has 2 N–H and O–H groups in total. The molecule has 24 heavy (non-hydrogen) atoms. The highest BCUT2D eigenvalue weighted by atomic mass is 35.5. The maximum absolute atomic E-state index is 14.4. The maximum atomic E-state index is 14.4.